The van der Waals surface area contributed by atoms with Gasteiger partial charge in [-0.15, -0.1) is 0 Å². The second-order valence-electron chi connectivity index (χ2n) is 10.4. The summed E-state index contributed by atoms with van der Waals surface area (Å²) in [6, 6.07) is 6.68. The lowest BCUT2D eigenvalue weighted by atomic mass is 10.0. The van der Waals surface area contributed by atoms with E-state index in [0.29, 0.717) is 5.56 Å². The predicted octanol–water partition coefficient (Wildman–Crippen LogP) is 4.93. The molecule has 0 aliphatic rings. The Morgan fingerprint density at radius 3 is 2.00 bits per heavy atom. The van der Waals surface area contributed by atoms with Crippen LogP contribution in [0, 0.1) is 6.92 Å². The van der Waals surface area contributed by atoms with E-state index >= 15 is 0 Å². The molecule has 0 fully saturated rings. The van der Waals surface area contributed by atoms with E-state index in [4.69, 9.17) is 13.3 Å². The van der Waals surface area contributed by atoms with Gasteiger partial charge in [0.2, 0.25) is 0 Å². The van der Waals surface area contributed by atoms with E-state index in [0.717, 1.165) is 11.8 Å². The molecule has 0 aromatic heterocycles. The molecular weight excluding hydrogens is 434 g/mol. The number of carbonyl (C=O) groups excluding carboxylic acids is 1. The molecule has 0 heterocycles. The molecule has 9 heteroatoms. The Morgan fingerprint density at radius 1 is 1.06 bits per heavy atom. The Kier molecular flexibility index (Phi) is 8.92. The fourth-order valence-corrected chi connectivity index (χ4v) is 4.14. The van der Waals surface area contributed by atoms with Crippen LogP contribution in [0.15, 0.2) is 24.3 Å². The van der Waals surface area contributed by atoms with Crippen LogP contribution < -0.4 is 5.32 Å². The fourth-order valence-electron chi connectivity index (χ4n) is 2.51. The number of carbonyl (C=O) groups is 1. The van der Waals surface area contributed by atoms with Crippen LogP contribution in [0.3, 0.4) is 0 Å². The molecule has 0 aliphatic carbocycles. The van der Waals surface area contributed by atoms with Gasteiger partial charge in [0.05, 0.1) is 18.9 Å². The van der Waals surface area contributed by atoms with Gasteiger partial charge in [-0.2, -0.15) is 8.42 Å². The number of amides is 1. The van der Waals surface area contributed by atoms with Crippen molar-refractivity contribution < 1.29 is 26.6 Å². The molecule has 0 aliphatic heterocycles. The number of hydrogen-bond donors (Lipinski definition) is 1. The van der Waals surface area contributed by atoms with Crippen molar-refractivity contribution >= 4 is 24.5 Å². The summed E-state index contributed by atoms with van der Waals surface area (Å²) in [6.45, 7) is 17.7. The van der Waals surface area contributed by atoms with Crippen molar-refractivity contribution in [1.29, 1.82) is 0 Å². The highest BCUT2D eigenvalue weighted by Gasteiger charge is 2.39. The Morgan fingerprint density at radius 2 is 1.58 bits per heavy atom. The maximum atomic E-state index is 12.6. The maximum Gasteiger partial charge on any atom is 0.408 e. The van der Waals surface area contributed by atoms with Gasteiger partial charge < -0.3 is 14.5 Å². The number of benzene rings is 1. The normalized spacial score (nSPS) is 15.3. The van der Waals surface area contributed by atoms with E-state index < -0.39 is 42.3 Å². The Bertz CT molecular complexity index is 838. The minimum atomic E-state index is -3.82. The third-order valence-corrected chi connectivity index (χ3v) is 10.3. The van der Waals surface area contributed by atoms with Gasteiger partial charge in [-0.1, -0.05) is 50.6 Å². The quantitative estimate of drug-likeness (QED) is 0.425. The van der Waals surface area contributed by atoms with Gasteiger partial charge in [0.15, 0.2) is 8.32 Å². The highest BCUT2D eigenvalue weighted by molar-refractivity contribution is 7.86. The molecule has 178 valence electrons. The first-order chi connectivity index (χ1) is 13.8. The zero-order chi connectivity index (χ0) is 24.3. The maximum absolute atomic E-state index is 12.6. The molecule has 0 bridgehead atoms. The summed E-state index contributed by atoms with van der Waals surface area (Å²) >= 11 is 0. The van der Waals surface area contributed by atoms with Crippen LogP contribution in [0.1, 0.15) is 58.7 Å². The number of aryl methyl sites for hydroxylation is 1. The number of hydrogen-bond acceptors (Lipinski definition) is 6. The van der Waals surface area contributed by atoms with Crippen molar-refractivity contribution in [3.8, 4) is 0 Å². The molecule has 0 spiro atoms. The van der Waals surface area contributed by atoms with Crippen molar-refractivity contribution in [3.63, 3.8) is 0 Å². The molecule has 1 amide bonds. The van der Waals surface area contributed by atoms with Crippen LogP contribution in [-0.4, -0.2) is 47.4 Å². The van der Waals surface area contributed by atoms with E-state index in [-0.39, 0.29) is 11.6 Å². The van der Waals surface area contributed by atoms with Gasteiger partial charge in [-0.3, -0.25) is 4.18 Å². The van der Waals surface area contributed by atoms with Crippen LogP contribution in [0.5, 0.6) is 0 Å². The summed E-state index contributed by atoms with van der Waals surface area (Å²) in [5, 5.41) is 2.72. The van der Waals surface area contributed by atoms with Gasteiger partial charge in [0.1, 0.15) is 11.7 Å². The zero-order valence-electron chi connectivity index (χ0n) is 20.5. The number of ether oxygens (including phenoxy) is 1. The van der Waals surface area contributed by atoms with Crippen molar-refractivity contribution in [2.45, 2.75) is 84.3 Å². The first kappa shape index (κ1) is 27.6. The summed E-state index contributed by atoms with van der Waals surface area (Å²) in [5.41, 5.74) is 1.04. The number of alkyl carbamates (subject to hydrolysis) is 1. The first-order valence-electron chi connectivity index (χ1n) is 10.4. The monoisotopic (exact) mass is 473 g/mol. The molecule has 0 unspecified atom stereocenters. The molecule has 0 saturated carbocycles. The van der Waals surface area contributed by atoms with E-state index in [9.17, 15) is 13.2 Å². The zero-order valence-corrected chi connectivity index (χ0v) is 22.3. The molecule has 1 N–H and O–H groups in total. The third kappa shape index (κ3) is 9.72. The second-order valence-corrected chi connectivity index (χ2v) is 16.9. The third-order valence-electron chi connectivity index (χ3n) is 5.19. The van der Waals surface area contributed by atoms with Crippen LogP contribution in [0.25, 0.3) is 0 Å². The average molecular weight is 474 g/mol. The summed E-state index contributed by atoms with van der Waals surface area (Å²) < 4.78 is 41.2. The Hall–Kier alpha value is -1.42. The smallest absolute Gasteiger partial charge is 0.408 e. The van der Waals surface area contributed by atoms with Crippen LogP contribution in [-0.2, 0) is 23.5 Å². The van der Waals surface area contributed by atoms with E-state index in [1.54, 1.807) is 20.8 Å². The second kappa shape index (κ2) is 10.0. The first-order valence-corrected chi connectivity index (χ1v) is 15.1. The lowest BCUT2D eigenvalue weighted by Crippen LogP contribution is -2.47. The van der Waals surface area contributed by atoms with E-state index in [1.165, 1.54) is 0 Å². The summed E-state index contributed by atoms with van der Waals surface area (Å²) in [7, 11) is -6.01. The predicted molar refractivity (Wildman–Crippen MR) is 126 cm³/mol. The van der Waals surface area contributed by atoms with Gasteiger partial charge in [0.25, 0.3) is 10.1 Å². The molecule has 2 atom stereocenters. The molecule has 0 saturated heterocycles. The Labute approximate surface area is 189 Å². The van der Waals surface area contributed by atoms with Crippen LogP contribution >= 0.6 is 0 Å². The Balaban J connectivity index is 3.32. The lowest BCUT2D eigenvalue weighted by molar-refractivity contribution is 0.0395. The minimum Gasteiger partial charge on any atom is -0.444 e. The molecule has 0 radical (unpaired) electrons. The van der Waals surface area contributed by atoms with Crippen LogP contribution in [0.2, 0.25) is 18.1 Å². The van der Waals surface area contributed by atoms with Crippen molar-refractivity contribution in [2.24, 2.45) is 0 Å². The highest BCUT2D eigenvalue weighted by atomic mass is 32.2. The SMILES string of the molecule is Cc1ccc([C@@H](NC(=O)OC(C)(C)C)[C@H](CO[Si](C)(C)C(C)(C)C)OS(C)(=O)=O)cc1. The molecular formula is C22H39NO6SSi. The van der Waals surface area contributed by atoms with Gasteiger partial charge in [0, 0.05) is 0 Å². The average Bonchev–Trinajstić information content (AvgIpc) is 2.54. The topological polar surface area (TPSA) is 90.9 Å². The van der Waals surface area contributed by atoms with Gasteiger partial charge in [-0.25, -0.2) is 4.79 Å². The number of rotatable bonds is 8. The fraction of sp³-hybridized carbons (Fsp3) is 0.682. The molecule has 1 rings (SSSR count). The molecule has 31 heavy (non-hydrogen) atoms. The van der Waals surface area contributed by atoms with Gasteiger partial charge in [-0.05, 0) is 51.4 Å². The standard InChI is InChI=1S/C22H39NO6SSi/c1-16-11-13-17(14-12-16)19(23-20(24)28-21(2,3)4)18(29-30(8,25)26)15-27-31(9,10)22(5,6)7/h11-14,18-19H,15H2,1-10H3,(H,23,24)/t18-,19+/m0/s1. The highest BCUT2D eigenvalue weighted by Crippen LogP contribution is 2.37. The van der Waals surface area contributed by atoms with Crippen molar-refractivity contribution in [1.82, 2.24) is 5.32 Å². The largest absolute Gasteiger partial charge is 0.444 e. The molecule has 1 aromatic rings. The molecule has 7 nitrogen and oxygen atoms in total. The van der Waals surface area contributed by atoms with Crippen molar-refractivity contribution in [3.05, 3.63) is 35.4 Å². The minimum absolute atomic E-state index is 0.0118. The van der Waals surface area contributed by atoms with E-state index in [2.05, 4.69) is 39.2 Å². The summed E-state index contributed by atoms with van der Waals surface area (Å²) in [4.78, 5) is 12.6. The van der Waals surface area contributed by atoms with E-state index in [1.807, 2.05) is 31.2 Å². The molecule has 1 aromatic carbocycles. The summed E-state index contributed by atoms with van der Waals surface area (Å²) in [6.07, 6.45) is -0.627. The van der Waals surface area contributed by atoms with Crippen molar-refractivity contribution in [2.75, 3.05) is 12.9 Å². The summed E-state index contributed by atoms with van der Waals surface area (Å²) in [5.74, 6) is 0. The number of nitrogens with one attached hydrogen (secondary N) is 1. The van der Waals surface area contributed by atoms with Crippen LogP contribution in [0.4, 0.5) is 4.79 Å². The van der Waals surface area contributed by atoms with Gasteiger partial charge >= 0.3 is 6.09 Å². The lowest BCUT2D eigenvalue weighted by Gasteiger charge is -2.38.